The van der Waals surface area contributed by atoms with Gasteiger partial charge in [-0.25, -0.2) is 0 Å². The lowest BCUT2D eigenvalue weighted by Gasteiger charge is -2.28. The molecule has 8 heteroatoms. The molecule has 1 saturated heterocycles. The van der Waals surface area contributed by atoms with Crippen LogP contribution < -0.4 is 11.1 Å². The van der Waals surface area contributed by atoms with Crippen LogP contribution in [0.4, 0.5) is 17.6 Å². The molecule has 2 aromatic heterocycles. The topological polar surface area (TPSA) is 97.8 Å². The number of rotatable bonds is 4. The van der Waals surface area contributed by atoms with Crippen molar-refractivity contribution in [3.63, 3.8) is 0 Å². The fourth-order valence-corrected chi connectivity index (χ4v) is 7.24. The summed E-state index contributed by atoms with van der Waals surface area (Å²) in [5.74, 6) is 2.36. The van der Waals surface area contributed by atoms with Crippen LogP contribution in [0.1, 0.15) is 54.4 Å². The van der Waals surface area contributed by atoms with Gasteiger partial charge in [0.2, 0.25) is 11.9 Å². The van der Waals surface area contributed by atoms with E-state index in [4.69, 9.17) is 5.73 Å². The maximum Gasteiger partial charge on any atom is 0.248 e. The number of nitrogen functional groups attached to an aromatic ring is 1. The Labute approximate surface area is 228 Å². The van der Waals surface area contributed by atoms with Gasteiger partial charge in [-0.1, -0.05) is 30.3 Å². The van der Waals surface area contributed by atoms with Gasteiger partial charge in [0, 0.05) is 23.3 Å². The van der Waals surface area contributed by atoms with Crippen molar-refractivity contribution in [2.45, 2.75) is 69.9 Å². The van der Waals surface area contributed by atoms with Crippen molar-refractivity contribution in [2.75, 3.05) is 17.6 Å². The van der Waals surface area contributed by atoms with Crippen molar-refractivity contribution in [3.8, 4) is 17.1 Å². The van der Waals surface area contributed by atoms with Crippen molar-refractivity contribution in [2.24, 2.45) is 5.92 Å². The minimum atomic E-state index is 0.294. The van der Waals surface area contributed by atoms with Crippen LogP contribution in [0.15, 0.2) is 48.5 Å². The lowest BCUT2D eigenvalue weighted by Crippen LogP contribution is -2.35. The zero-order valence-corrected chi connectivity index (χ0v) is 22.2. The van der Waals surface area contributed by atoms with E-state index < -0.39 is 0 Å². The second-order valence-corrected chi connectivity index (χ2v) is 11.7. The van der Waals surface area contributed by atoms with Crippen LogP contribution in [-0.4, -0.2) is 48.5 Å². The normalized spacial score (nSPS) is 23.6. The summed E-state index contributed by atoms with van der Waals surface area (Å²) in [5.41, 5.74) is 14.9. The first-order valence-electron chi connectivity index (χ1n) is 14.5. The average molecular weight is 519 g/mol. The van der Waals surface area contributed by atoms with Gasteiger partial charge >= 0.3 is 0 Å². The number of likely N-dealkylation sites (tertiary alicyclic amines) is 1. The number of anilines is 3. The highest BCUT2D eigenvalue weighted by molar-refractivity contribution is 5.68. The van der Waals surface area contributed by atoms with Crippen LogP contribution in [0.5, 0.6) is 0 Å². The fraction of sp³-hybridized carbons (Fsp3) is 0.419. The van der Waals surface area contributed by atoms with Crippen molar-refractivity contribution in [3.05, 3.63) is 70.8 Å². The van der Waals surface area contributed by atoms with E-state index in [1.54, 1.807) is 4.68 Å². The van der Waals surface area contributed by atoms with E-state index in [-0.39, 0.29) is 0 Å². The molecule has 39 heavy (non-hydrogen) atoms. The lowest BCUT2D eigenvalue weighted by atomic mass is 10.0. The average Bonchev–Trinajstić information content (AvgIpc) is 3.60. The molecule has 0 spiro atoms. The van der Waals surface area contributed by atoms with Gasteiger partial charge < -0.3 is 11.1 Å². The molecule has 3 heterocycles. The maximum absolute atomic E-state index is 6.31. The molecule has 3 aliphatic carbocycles. The molecule has 3 atom stereocenters. The van der Waals surface area contributed by atoms with E-state index in [0.717, 1.165) is 61.5 Å². The van der Waals surface area contributed by atoms with Gasteiger partial charge in [-0.3, -0.25) is 4.90 Å². The van der Waals surface area contributed by atoms with Gasteiger partial charge in [0.1, 0.15) is 0 Å². The van der Waals surface area contributed by atoms with Gasteiger partial charge in [-0.05, 0) is 111 Å². The minimum Gasteiger partial charge on any atom is -0.368 e. The van der Waals surface area contributed by atoms with Crippen molar-refractivity contribution < 1.29 is 0 Å². The standard InChI is InChI=1S/C31H34N8/c32-30-34-31(37-39(30)28-18-23-6-3-5-20-4-1-2-7-26(20)29(23)36-35-28)33-24-11-8-19-9-12-25(13-10-21(19)16-24)38-15-14-22-17-27(22)38/h1-2,4,7-8,11,16,18,22,25,27H,3,5-6,9-10,12-15,17H2,(H3,32,33,34,37). The molecule has 8 nitrogen and oxygen atoms in total. The van der Waals surface area contributed by atoms with Crippen LogP contribution >= 0.6 is 0 Å². The molecule has 2 fully saturated rings. The van der Waals surface area contributed by atoms with Crippen molar-refractivity contribution in [1.82, 2.24) is 29.9 Å². The molecule has 1 saturated carbocycles. The second-order valence-electron chi connectivity index (χ2n) is 11.7. The molecule has 4 aliphatic rings. The molecule has 8 rings (SSSR count). The molecule has 198 valence electrons. The molecule has 1 aliphatic heterocycles. The Balaban J connectivity index is 1.01. The second kappa shape index (κ2) is 9.16. The molecule has 0 radical (unpaired) electrons. The Kier molecular flexibility index (Phi) is 5.43. The van der Waals surface area contributed by atoms with Crippen LogP contribution in [0.2, 0.25) is 0 Å². The predicted octanol–water partition coefficient (Wildman–Crippen LogP) is 4.88. The number of nitrogens with zero attached hydrogens (tertiary/aromatic N) is 6. The molecule has 0 bridgehead atoms. The maximum atomic E-state index is 6.31. The summed E-state index contributed by atoms with van der Waals surface area (Å²) in [4.78, 5) is 7.32. The van der Waals surface area contributed by atoms with E-state index >= 15 is 0 Å². The zero-order valence-electron chi connectivity index (χ0n) is 22.2. The molecule has 3 N–H and O–H groups in total. The molecule has 4 aromatic rings. The third kappa shape index (κ3) is 4.18. The van der Waals surface area contributed by atoms with Gasteiger partial charge in [-0.15, -0.1) is 15.3 Å². The molecular formula is C31H34N8. The number of aryl methyl sites for hydroxylation is 4. The summed E-state index contributed by atoms with van der Waals surface area (Å²) < 4.78 is 1.58. The Bertz CT molecular complexity index is 1560. The first-order valence-corrected chi connectivity index (χ1v) is 14.5. The summed E-state index contributed by atoms with van der Waals surface area (Å²) in [7, 11) is 0. The predicted molar refractivity (Wildman–Crippen MR) is 152 cm³/mol. The van der Waals surface area contributed by atoms with E-state index in [0.29, 0.717) is 17.7 Å². The number of benzene rings is 2. The van der Waals surface area contributed by atoms with E-state index in [1.165, 1.54) is 60.0 Å². The number of nitrogens with two attached hydrogens (primary N) is 1. The Morgan fingerprint density at radius 1 is 0.846 bits per heavy atom. The number of aromatic nitrogens is 5. The van der Waals surface area contributed by atoms with Gasteiger partial charge in [0.15, 0.2) is 5.82 Å². The first-order chi connectivity index (χ1) is 19.2. The monoisotopic (exact) mass is 518 g/mol. The fourth-order valence-electron chi connectivity index (χ4n) is 7.24. The summed E-state index contributed by atoms with van der Waals surface area (Å²) in [5, 5.41) is 17.2. The van der Waals surface area contributed by atoms with Crippen LogP contribution in [0.25, 0.3) is 17.1 Å². The summed E-state index contributed by atoms with van der Waals surface area (Å²) >= 11 is 0. The number of hydrogen-bond acceptors (Lipinski definition) is 7. The highest BCUT2D eigenvalue weighted by Gasteiger charge is 2.48. The van der Waals surface area contributed by atoms with Crippen molar-refractivity contribution >= 4 is 17.6 Å². The first kappa shape index (κ1) is 23.1. The highest BCUT2D eigenvalue weighted by Crippen LogP contribution is 2.46. The Hall–Kier alpha value is -3.78. The van der Waals surface area contributed by atoms with E-state index in [2.05, 4.69) is 79.0 Å². The third-order valence-corrected chi connectivity index (χ3v) is 9.37. The lowest BCUT2D eigenvalue weighted by molar-refractivity contribution is 0.195. The Morgan fingerprint density at radius 2 is 1.72 bits per heavy atom. The van der Waals surface area contributed by atoms with Crippen LogP contribution in [-0.2, 0) is 25.7 Å². The highest BCUT2D eigenvalue weighted by atomic mass is 15.4. The molecule has 0 amide bonds. The molecule has 3 unspecified atom stereocenters. The summed E-state index contributed by atoms with van der Waals surface area (Å²) in [6, 6.07) is 18.8. The third-order valence-electron chi connectivity index (χ3n) is 9.37. The number of piperidine rings is 1. The summed E-state index contributed by atoms with van der Waals surface area (Å²) in [6.45, 7) is 1.31. The van der Waals surface area contributed by atoms with Gasteiger partial charge in [0.25, 0.3) is 0 Å². The van der Waals surface area contributed by atoms with Gasteiger partial charge in [0.05, 0.1) is 5.69 Å². The molecular weight excluding hydrogens is 484 g/mol. The SMILES string of the molecule is Nc1nc(Nc2ccc3c(c2)CCC(N2CCC4CC42)CC3)nn1-c1cc2c(nn1)-c1ccccc1CCC2. The number of hydrogen-bond donors (Lipinski definition) is 2. The smallest absolute Gasteiger partial charge is 0.248 e. The zero-order chi connectivity index (χ0) is 25.9. The van der Waals surface area contributed by atoms with Gasteiger partial charge in [-0.2, -0.15) is 9.67 Å². The minimum absolute atomic E-state index is 0.294. The number of fused-ring (bicyclic) bond motifs is 5. The largest absolute Gasteiger partial charge is 0.368 e. The van der Waals surface area contributed by atoms with Crippen LogP contribution in [0, 0.1) is 5.92 Å². The van der Waals surface area contributed by atoms with E-state index in [9.17, 15) is 0 Å². The Morgan fingerprint density at radius 3 is 2.59 bits per heavy atom. The van der Waals surface area contributed by atoms with E-state index in [1.807, 2.05) is 0 Å². The van der Waals surface area contributed by atoms with Crippen molar-refractivity contribution in [1.29, 1.82) is 0 Å². The number of nitrogens with one attached hydrogen (secondary N) is 1. The molecule has 2 aromatic carbocycles. The van der Waals surface area contributed by atoms with Crippen LogP contribution in [0.3, 0.4) is 0 Å². The summed E-state index contributed by atoms with van der Waals surface area (Å²) in [6.07, 6.45) is 10.7. The quantitative estimate of drug-likeness (QED) is 0.372.